The van der Waals surface area contributed by atoms with Gasteiger partial charge in [-0.25, -0.2) is 4.98 Å². The number of fused-ring (bicyclic) bond motifs is 9. The van der Waals surface area contributed by atoms with Crippen molar-refractivity contribution in [3.63, 3.8) is 0 Å². The van der Waals surface area contributed by atoms with E-state index in [9.17, 15) is 0 Å². The molecule has 6 heteroatoms. The van der Waals surface area contributed by atoms with Gasteiger partial charge < -0.3 is 4.57 Å². The van der Waals surface area contributed by atoms with Crippen molar-refractivity contribution in [3.8, 4) is 56.1 Å². The summed E-state index contributed by atoms with van der Waals surface area (Å²) in [4.78, 5) is 14.9. The van der Waals surface area contributed by atoms with Crippen LogP contribution in [-0.2, 0) is 0 Å². The fourth-order valence-corrected chi connectivity index (χ4v) is 10.5. The van der Waals surface area contributed by atoms with Crippen molar-refractivity contribution in [3.05, 3.63) is 213 Å². The standard InChI is InChI=1S/C57H35N5S/c1-3-12-36(13-4-1)41-31-49(37-14-5-2-6-15-37)60-56(33-41)62-51-19-10-8-17-45(51)47-29-38(22-25-52(47)62)40-21-24-46-44-16-7-9-18-50(44)61(53(46)32-40)43-28-42(34-58-35-43)39-23-26-54-48(30-39)57-55(63-54)20-11-27-59-57/h1-35H. The average Bonchev–Trinajstić information content (AvgIpc) is 4.01. The first-order chi connectivity index (χ1) is 31.2. The Balaban J connectivity index is 0.961. The quantitative estimate of drug-likeness (QED) is 0.168. The molecule has 0 unspecified atom stereocenters. The van der Waals surface area contributed by atoms with Gasteiger partial charge in [0, 0.05) is 55.2 Å². The smallest absolute Gasteiger partial charge is 0.138 e. The molecular formula is C57H35N5S. The number of hydrogen-bond acceptors (Lipinski definition) is 4. The Morgan fingerprint density at radius 2 is 1.02 bits per heavy atom. The van der Waals surface area contributed by atoms with Crippen molar-refractivity contribution < 1.29 is 0 Å². The molecule has 0 radical (unpaired) electrons. The SMILES string of the molecule is c1ccc(-c2cc(-c3ccccc3)nc(-n3c4ccccc4c4cc(-c5ccc6c7ccccc7n(-c7cncc(-c8ccc9sc%10cccnc%10c9c8)c7)c6c5)ccc43)c2)cc1. The van der Waals surface area contributed by atoms with Crippen molar-refractivity contribution in [1.82, 2.24) is 24.1 Å². The van der Waals surface area contributed by atoms with Gasteiger partial charge in [-0.2, -0.15) is 0 Å². The van der Waals surface area contributed by atoms with Crippen molar-refractivity contribution in [1.29, 1.82) is 0 Å². The second kappa shape index (κ2) is 14.2. The van der Waals surface area contributed by atoms with Gasteiger partial charge in [-0.05, 0) is 101 Å². The molecule has 294 valence electrons. The molecule has 0 N–H and O–H groups in total. The molecule has 0 aliphatic heterocycles. The van der Waals surface area contributed by atoms with Gasteiger partial charge in [-0.1, -0.05) is 121 Å². The van der Waals surface area contributed by atoms with E-state index in [1.807, 2.05) is 24.7 Å². The molecule has 0 aliphatic rings. The van der Waals surface area contributed by atoms with Crippen LogP contribution in [0, 0.1) is 0 Å². The highest BCUT2D eigenvalue weighted by atomic mass is 32.1. The van der Waals surface area contributed by atoms with Crippen molar-refractivity contribution in [2.45, 2.75) is 0 Å². The molecule has 63 heavy (non-hydrogen) atoms. The first kappa shape index (κ1) is 35.6. The molecule has 7 aromatic carbocycles. The lowest BCUT2D eigenvalue weighted by Crippen LogP contribution is -2.00. The Hall–Kier alpha value is -8.19. The fourth-order valence-electron chi connectivity index (χ4n) is 9.50. The number of hydrogen-bond donors (Lipinski definition) is 0. The normalized spacial score (nSPS) is 11.8. The summed E-state index contributed by atoms with van der Waals surface area (Å²) in [5.41, 5.74) is 15.4. The molecule has 0 saturated carbocycles. The number of aromatic nitrogens is 5. The first-order valence-corrected chi connectivity index (χ1v) is 22.0. The highest BCUT2D eigenvalue weighted by Crippen LogP contribution is 2.40. The van der Waals surface area contributed by atoms with E-state index in [0.717, 1.165) is 83.7 Å². The molecule has 0 spiro atoms. The van der Waals surface area contributed by atoms with Crippen LogP contribution in [-0.4, -0.2) is 24.1 Å². The molecule has 5 nitrogen and oxygen atoms in total. The van der Waals surface area contributed by atoms with Gasteiger partial charge in [0.2, 0.25) is 0 Å². The zero-order valence-corrected chi connectivity index (χ0v) is 34.7. The minimum Gasteiger partial charge on any atom is -0.308 e. The molecule has 0 saturated heterocycles. The summed E-state index contributed by atoms with van der Waals surface area (Å²) in [5.74, 6) is 0.885. The number of thiophene rings is 1. The van der Waals surface area contributed by atoms with Crippen molar-refractivity contribution >= 4 is 75.3 Å². The van der Waals surface area contributed by atoms with Gasteiger partial charge in [0.05, 0.1) is 49.9 Å². The van der Waals surface area contributed by atoms with Gasteiger partial charge in [-0.3, -0.25) is 14.5 Å². The Labute approximate surface area is 366 Å². The third-order valence-electron chi connectivity index (χ3n) is 12.4. The second-order valence-electron chi connectivity index (χ2n) is 16.1. The third-order valence-corrected chi connectivity index (χ3v) is 13.6. The summed E-state index contributed by atoms with van der Waals surface area (Å²) in [5, 5.41) is 5.95. The summed E-state index contributed by atoms with van der Waals surface area (Å²) in [7, 11) is 0. The minimum absolute atomic E-state index is 0.885. The van der Waals surface area contributed by atoms with E-state index in [0.29, 0.717) is 0 Å². The summed E-state index contributed by atoms with van der Waals surface area (Å²) in [6.45, 7) is 0. The maximum absolute atomic E-state index is 5.35. The maximum Gasteiger partial charge on any atom is 0.138 e. The predicted molar refractivity (Wildman–Crippen MR) is 263 cm³/mol. The molecule has 0 fully saturated rings. The number of benzene rings is 7. The Kier molecular flexibility index (Phi) is 8.01. The largest absolute Gasteiger partial charge is 0.308 e. The molecule has 6 aromatic heterocycles. The van der Waals surface area contributed by atoms with Gasteiger partial charge >= 0.3 is 0 Å². The van der Waals surface area contributed by atoms with E-state index in [-0.39, 0.29) is 0 Å². The summed E-state index contributed by atoms with van der Waals surface area (Å²) in [6, 6.07) is 69.7. The Bertz CT molecular complexity index is 3860. The monoisotopic (exact) mass is 821 g/mol. The number of nitrogens with zero attached hydrogens (tertiary/aromatic N) is 5. The minimum atomic E-state index is 0.885. The van der Waals surface area contributed by atoms with Crippen LogP contribution in [0.3, 0.4) is 0 Å². The van der Waals surface area contributed by atoms with E-state index < -0.39 is 0 Å². The Morgan fingerprint density at radius 3 is 1.86 bits per heavy atom. The van der Waals surface area contributed by atoms with Gasteiger partial charge in [0.15, 0.2) is 0 Å². The first-order valence-electron chi connectivity index (χ1n) is 21.2. The van der Waals surface area contributed by atoms with Crippen molar-refractivity contribution in [2.24, 2.45) is 0 Å². The third kappa shape index (κ3) is 5.80. The molecule has 0 amide bonds. The van der Waals surface area contributed by atoms with Crippen LogP contribution in [0.25, 0.3) is 120 Å². The van der Waals surface area contributed by atoms with Crippen LogP contribution in [0.1, 0.15) is 0 Å². The van der Waals surface area contributed by atoms with Crippen LogP contribution in [0.5, 0.6) is 0 Å². The molecule has 6 heterocycles. The Morgan fingerprint density at radius 1 is 0.365 bits per heavy atom. The summed E-state index contributed by atoms with van der Waals surface area (Å²) < 4.78 is 7.12. The lowest BCUT2D eigenvalue weighted by atomic mass is 10.0. The molecule has 13 rings (SSSR count). The van der Waals surface area contributed by atoms with E-state index in [1.54, 1.807) is 11.3 Å². The van der Waals surface area contributed by atoms with Crippen LogP contribution in [0.2, 0.25) is 0 Å². The maximum atomic E-state index is 5.35. The van der Waals surface area contributed by atoms with E-state index in [2.05, 4.69) is 197 Å². The zero-order valence-electron chi connectivity index (χ0n) is 33.9. The van der Waals surface area contributed by atoms with Crippen LogP contribution >= 0.6 is 11.3 Å². The number of para-hydroxylation sites is 2. The van der Waals surface area contributed by atoms with Gasteiger partial charge in [0.25, 0.3) is 0 Å². The topological polar surface area (TPSA) is 48.5 Å². The highest BCUT2D eigenvalue weighted by Gasteiger charge is 2.19. The molecular weight excluding hydrogens is 787 g/mol. The number of rotatable bonds is 6. The van der Waals surface area contributed by atoms with Crippen LogP contribution < -0.4 is 0 Å². The summed E-state index contributed by atoms with van der Waals surface area (Å²) in [6.07, 6.45) is 5.82. The van der Waals surface area contributed by atoms with Gasteiger partial charge in [0.1, 0.15) is 5.82 Å². The molecule has 0 bridgehead atoms. The molecule has 0 aliphatic carbocycles. The van der Waals surface area contributed by atoms with Crippen molar-refractivity contribution in [2.75, 3.05) is 0 Å². The molecule has 13 aromatic rings. The van der Waals surface area contributed by atoms with Crippen LogP contribution in [0.15, 0.2) is 213 Å². The fraction of sp³-hybridized carbons (Fsp3) is 0. The highest BCUT2D eigenvalue weighted by molar-refractivity contribution is 7.25. The average molecular weight is 822 g/mol. The lowest BCUT2D eigenvalue weighted by molar-refractivity contribution is 1.08. The zero-order chi connectivity index (χ0) is 41.4. The van der Waals surface area contributed by atoms with E-state index in [1.165, 1.54) is 36.3 Å². The molecule has 0 atom stereocenters. The van der Waals surface area contributed by atoms with Gasteiger partial charge in [-0.15, -0.1) is 11.3 Å². The lowest BCUT2D eigenvalue weighted by Gasteiger charge is -2.13. The second-order valence-corrected chi connectivity index (χ2v) is 17.2. The van der Waals surface area contributed by atoms with Crippen LogP contribution in [0.4, 0.5) is 0 Å². The van der Waals surface area contributed by atoms with E-state index >= 15 is 0 Å². The van der Waals surface area contributed by atoms with E-state index in [4.69, 9.17) is 15.0 Å². The predicted octanol–water partition coefficient (Wildman–Crippen LogP) is 15.1. The summed E-state index contributed by atoms with van der Waals surface area (Å²) >= 11 is 1.78. The number of pyridine rings is 3.